The zero-order valence-electron chi connectivity index (χ0n) is 12.1. The minimum atomic E-state index is 0.112. The molecule has 5 heteroatoms. The van der Waals surface area contributed by atoms with E-state index in [1.54, 1.807) is 4.90 Å². The van der Waals surface area contributed by atoms with Crippen LogP contribution in [0.3, 0.4) is 0 Å². The standard InChI is InChI=1S/C15H21N3O2/c1-11-9-12(18-6-4-16-5-7-18)10-13-15(11)20-8-3-14(19)17(13)2/h9-10,16H,3-8H2,1-2H3. The first-order chi connectivity index (χ1) is 9.66. The van der Waals surface area contributed by atoms with E-state index in [9.17, 15) is 4.79 Å². The van der Waals surface area contributed by atoms with Gasteiger partial charge in [-0.15, -0.1) is 0 Å². The highest BCUT2D eigenvalue weighted by Crippen LogP contribution is 2.37. The Morgan fingerprint density at radius 2 is 2.00 bits per heavy atom. The Bertz CT molecular complexity index is 524. The molecule has 0 spiro atoms. The van der Waals surface area contributed by atoms with Crippen molar-refractivity contribution in [2.45, 2.75) is 13.3 Å². The first-order valence-corrected chi connectivity index (χ1v) is 7.16. The molecule has 108 valence electrons. The monoisotopic (exact) mass is 275 g/mol. The van der Waals surface area contributed by atoms with Crippen molar-refractivity contribution in [2.24, 2.45) is 0 Å². The molecule has 0 aliphatic carbocycles. The summed E-state index contributed by atoms with van der Waals surface area (Å²) in [5.41, 5.74) is 3.16. The average Bonchev–Trinajstić information content (AvgIpc) is 2.61. The molecule has 1 aromatic rings. The summed E-state index contributed by atoms with van der Waals surface area (Å²) in [7, 11) is 1.83. The van der Waals surface area contributed by atoms with Gasteiger partial charge in [0.25, 0.3) is 0 Å². The Labute approximate surface area is 119 Å². The van der Waals surface area contributed by atoms with E-state index in [1.165, 1.54) is 5.69 Å². The Hall–Kier alpha value is -1.75. The second kappa shape index (κ2) is 5.32. The number of benzene rings is 1. The fourth-order valence-electron chi connectivity index (χ4n) is 2.82. The summed E-state index contributed by atoms with van der Waals surface area (Å²) in [5, 5.41) is 3.36. The van der Waals surface area contributed by atoms with Crippen molar-refractivity contribution >= 4 is 17.3 Å². The minimum Gasteiger partial charge on any atom is -0.491 e. The molecule has 0 aromatic heterocycles. The molecule has 0 radical (unpaired) electrons. The molecular weight excluding hydrogens is 254 g/mol. The van der Waals surface area contributed by atoms with Crippen molar-refractivity contribution in [3.63, 3.8) is 0 Å². The topological polar surface area (TPSA) is 44.8 Å². The third kappa shape index (κ3) is 2.33. The van der Waals surface area contributed by atoms with Crippen LogP contribution in [0, 0.1) is 6.92 Å². The Balaban J connectivity index is 2.00. The number of anilines is 2. The van der Waals surface area contributed by atoms with Crippen molar-refractivity contribution in [1.29, 1.82) is 0 Å². The molecule has 2 aliphatic rings. The summed E-state index contributed by atoms with van der Waals surface area (Å²) in [4.78, 5) is 16.1. The smallest absolute Gasteiger partial charge is 0.230 e. The number of hydrogen-bond acceptors (Lipinski definition) is 4. The zero-order chi connectivity index (χ0) is 14.1. The minimum absolute atomic E-state index is 0.112. The lowest BCUT2D eigenvalue weighted by Crippen LogP contribution is -2.43. The van der Waals surface area contributed by atoms with E-state index in [-0.39, 0.29) is 5.91 Å². The molecule has 1 amide bonds. The lowest BCUT2D eigenvalue weighted by atomic mass is 10.1. The molecular formula is C15H21N3O2. The molecule has 2 heterocycles. The second-order valence-electron chi connectivity index (χ2n) is 5.40. The number of aryl methyl sites for hydroxylation is 1. The number of rotatable bonds is 1. The summed E-state index contributed by atoms with van der Waals surface area (Å²) in [6.45, 7) is 6.51. The Morgan fingerprint density at radius 3 is 2.75 bits per heavy atom. The number of carbonyl (C=O) groups excluding carboxylic acids is 1. The van der Waals surface area contributed by atoms with Crippen LogP contribution in [0.5, 0.6) is 5.75 Å². The fourth-order valence-corrected chi connectivity index (χ4v) is 2.82. The molecule has 1 N–H and O–H groups in total. The fraction of sp³-hybridized carbons (Fsp3) is 0.533. The van der Waals surface area contributed by atoms with Gasteiger partial charge in [0.15, 0.2) is 0 Å². The van der Waals surface area contributed by atoms with Crippen molar-refractivity contribution < 1.29 is 9.53 Å². The summed E-state index contributed by atoms with van der Waals surface area (Å²) >= 11 is 0. The maximum Gasteiger partial charge on any atom is 0.230 e. The van der Waals surface area contributed by atoms with Gasteiger partial charge in [-0.2, -0.15) is 0 Å². The molecule has 5 nitrogen and oxygen atoms in total. The number of hydrogen-bond donors (Lipinski definition) is 1. The van der Waals surface area contributed by atoms with Crippen LogP contribution < -0.4 is 19.9 Å². The zero-order valence-corrected chi connectivity index (χ0v) is 12.1. The van der Waals surface area contributed by atoms with Gasteiger partial charge in [0.05, 0.1) is 18.7 Å². The van der Waals surface area contributed by atoms with Crippen molar-refractivity contribution in [3.8, 4) is 5.75 Å². The van der Waals surface area contributed by atoms with Crippen LogP contribution in [0.2, 0.25) is 0 Å². The maximum absolute atomic E-state index is 12.0. The van der Waals surface area contributed by atoms with Crippen molar-refractivity contribution in [1.82, 2.24) is 5.32 Å². The van der Waals surface area contributed by atoms with Crippen LogP contribution in [-0.2, 0) is 4.79 Å². The first-order valence-electron chi connectivity index (χ1n) is 7.16. The van der Waals surface area contributed by atoms with Gasteiger partial charge in [-0.05, 0) is 24.6 Å². The largest absolute Gasteiger partial charge is 0.491 e. The van der Waals surface area contributed by atoms with Crippen molar-refractivity contribution in [2.75, 3.05) is 49.6 Å². The van der Waals surface area contributed by atoms with E-state index in [4.69, 9.17) is 4.74 Å². The molecule has 0 saturated carbocycles. The van der Waals surface area contributed by atoms with Crippen LogP contribution in [0.4, 0.5) is 11.4 Å². The van der Waals surface area contributed by atoms with E-state index in [0.717, 1.165) is 43.2 Å². The highest BCUT2D eigenvalue weighted by Gasteiger charge is 2.23. The number of amides is 1. The summed E-state index contributed by atoms with van der Waals surface area (Å²) in [6.07, 6.45) is 0.438. The SMILES string of the molecule is Cc1cc(N2CCNCC2)cc2c1OCCC(=O)N2C. The highest BCUT2D eigenvalue weighted by molar-refractivity contribution is 5.96. The van der Waals surface area contributed by atoms with Gasteiger partial charge in [-0.25, -0.2) is 0 Å². The molecule has 0 unspecified atom stereocenters. The van der Waals surface area contributed by atoms with Crippen LogP contribution in [0.15, 0.2) is 12.1 Å². The van der Waals surface area contributed by atoms with Gasteiger partial charge in [-0.3, -0.25) is 4.79 Å². The van der Waals surface area contributed by atoms with Gasteiger partial charge in [0.1, 0.15) is 5.75 Å². The molecule has 20 heavy (non-hydrogen) atoms. The normalized spacial score (nSPS) is 19.4. The van der Waals surface area contributed by atoms with Crippen LogP contribution >= 0.6 is 0 Å². The molecule has 0 bridgehead atoms. The van der Waals surface area contributed by atoms with Gasteiger partial charge >= 0.3 is 0 Å². The second-order valence-corrected chi connectivity index (χ2v) is 5.40. The van der Waals surface area contributed by atoms with Crippen LogP contribution in [-0.4, -0.2) is 45.7 Å². The lowest BCUT2D eigenvalue weighted by Gasteiger charge is -2.31. The van der Waals surface area contributed by atoms with Gasteiger partial charge in [0, 0.05) is 38.9 Å². The predicted molar refractivity (Wildman–Crippen MR) is 79.8 cm³/mol. The average molecular weight is 275 g/mol. The third-order valence-corrected chi connectivity index (χ3v) is 4.02. The Morgan fingerprint density at radius 1 is 1.25 bits per heavy atom. The van der Waals surface area contributed by atoms with Crippen LogP contribution in [0.25, 0.3) is 0 Å². The summed E-state index contributed by atoms with van der Waals surface area (Å²) in [6, 6.07) is 4.24. The number of piperazine rings is 1. The first kappa shape index (κ1) is 13.2. The van der Waals surface area contributed by atoms with E-state index in [0.29, 0.717) is 13.0 Å². The summed E-state index contributed by atoms with van der Waals surface area (Å²) < 4.78 is 5.77. The molecule has 1 saturated heterocycles. The van der Waals surface area contributed by atoms with Crippen LogP contribution in [0.1, 0.15) is 12.0 Å². The summed E-state index contributed by atoms with van der Waals surface area (Å²) in [5.74, 6) is 0.956. The van der Waals surface area contributed by atoms with E-state index < -0.39 is 0 Å². The molecule has 3 rings (SSSR count). The Kier molecular flexibility index (Phi) is 3.53. The molecule has 1 fully saturated rings. The van der Waals surface area contributed by atoms with Gasteiger partial charge in [-0.1, -0.05) is 0 Å². The molecule has 2 aliphatic heterocycles. The van der Waals surface area contributed by atoms with E-state index in [2.05, 4.69) is 22.3 Å². The number of nitrogens with zero attached hydrogens (tertiary/aromatic N) is 2. The predicted octanol–water partition coefficient (Wildman–Crippen LogP) is 1.15. The number of carbonyl (C=O) groups is 1. The third-order valence-electron chi connectivity index (χ3n) is 4.02. The van der Waals surface area contributed by atoms with Gasteiger partial charge < -0.3 is 19.9 Å². The highest BCUT2D eigenvalue weighted by atomic mass is 16.5. The number of nitrogens with one attached hydrogen (secondary N) is 1. The van der Waals surface area contributed by atoms with Crippen molar-refractivity contribution in [3.05, 3.63) is 17.7 Å². The van der Waals surface area contributed by atoms with E-state index in [1.807, 2.05) is 14.0 Å². The maximum atomic E-state index is 12.0. The lowest BCUT2D eigenvalue weighted by molar-refractivity contribution is -0.118. The quantitative estimate of drug-likeness (QED) is 0.835. The number of ether oxygens (including phenoxy) is 1. The van der Waals surface area contributed by atoms with Gasteiger partial charge in [0.2, 0.25) is 5.91 Å². The molecule has 1 aromatic carbocycles. The van der Waals surface area contributed by atoms with E-state index >= 15 is 0 Å². The molecule has 0 atom stereocenters. The number of fused-ring (bicyclic) bond motifs is 1.